The molecule has 4 aromatic carbocycles. The molecule has 10 rings (SSSR count). The number of hydrogen-bond acceptors (Lipinski definition) is 8. The Bertz CT molecular complexity index is 2340. The number of nitrogens with zero attached hydrogens (tertiary/aromatic N) is 6. The number of halogens is 2. The standard InChI is InChI=1S/2C25H22BrN3O/c2*26-21-12-9-19(10-13-21)22-16-20-11-14-24(29-30-17-18-6-2-1-3-7-18)25(20,28-22)23-8-4-5-15-27-23/h2*1-10,12-13,15,20H,11,14,16-17H2/b2*29-24+/t2*20-,25-/m10/s1. The van der Waals surface area contributed by atoms with E-state index >= 15 is 0 Å². The molecule has 300 valence electrons. The molecule has 4 heterocycles. The van der Waals surface area contributed by atoms with Gasteiger partial charge in [0.1, 0.15) is 24.3 Å². The number of fused-ring (bicyclic) bond motifs is 2. The lowest BCUT2D eigenvalue weighted by Gasteiger charge is -2.26. The Kier molecular flexibility index (Phi) is 11.9. The molecule has 0 saturated heterocycles. The minimum absolute atomic E-state index is 0.352. The van der Waals surface area contributed by atoms with Gasteiger partial charge in [0, 0.05) is 44.6 Å². The molecule has 6 aromatic rings. The maximum absolute atomic E-state index is 5.80. The van der Waals surface area contributed by atoms with Gasteiger partial charge in [-0.05, 0) is 109 Å². The smallest absolute Gasteiger partial charge is 0.147 e. The van der Waals surface area contributed by atoms with E-state index in [1.807, 2.05) is 97.3 Å². The van der Waals surface area contributed by atoms with Crippen molar-refractivity contribution in [1.82, 2.24) is 9.97 Å². The number of oxime groups is 2. The highest BCUT2D eigenvalue weighted by atomic mass is 79.9. The Hall–Kier alpha value is -5.58. The van der Waals surface area contributed by atoms with Crippen LogP contribution in [0.1, 0.15) is 72.2 Å². The van der Waals surface area contributed by atoms with Crippen molar-refractivity contribution in [2.45, 2.75) is 62.8 Å². The topological polar surface area (TPSA) is 93.7 Å². The summed E-state index contributed by atoms with van der Waals surface area (Å²) in [5.74, 6) is 0.704. The summed E-state index contributed by atoms with van der Waals surface area (Å²) >= 11 is 7.04. The monoisotopic (exact) mass is 918 g/mol. The zero-order valence-electron chi connectivity index (χ0n) is 33.1. The van der Waals surface area contributed by atoms with Gasteiger partial charge >= 0.3 is 0 Å². The van der Waals surface area contributed by atoms with Crippen LogP contribution in [0, 0.1) is 11.8 Å². The molecule has 0 unspecified atom stereocenters. The van der Waals surface area contributed by atoms with Gasteiger partial charge in [0.25, 0.3) is 0 Å². The van der Waals surface area contributed by atoms with Gasteiger partial charge in [0.15, 0.2) is 0 Å². The molecule has 2 saturated carbocycles. The predicted molar refractivity (Wildman–Crippen MR) is 245 cm³/mol. The number of rotatable bonds is 10. The Labute approximate surface area is 367 Å². The summed E-state index contributed by atoms with van der Waals surface area (Å²) in [6.45, 7) is 0.910. The molecule has 60 heavy (non-hydrogen) atoms. The number of hydrogen-bond donors (Lipinski definition) is 0. The van der Waals surface area contributed by atoms with Crippen LogP contribution >= 0.6 is 31.9 Å². The largest absolute Gasteiger partial charge is 0.391 e. The molecule has 0 N–H and O–H groups in total. The van der Waals surface area contributed by atoms with Crippen LogP contribution < -0.4 is 0 Å². The fourth-order valence-corrected chi connectivity index (χ4v) is 9.62. The zero-order chi connectivity index (χ0) is 40.8. The first-order valence-electron chi connectivity index (χ1n) is 20.5. The van der Waals surface area contributed by atoms with Gasteiger partial charge in [-0.25, -0.2) is 0 Å². The molecule has 0 radical (unpaired) electrons. The maximum atomic E-state index is 5.80. The van der Waals surface area contributed by atoms with Crippen molar-refractivity contribution in [1.29, 1.82) is 0 Å². The van der Waals surface area contributed by atoms with Crippen LogP contribution in [-0.2, 0) is 34.0 Å². The van der Waals surface area contributed by atoms with Crippen LogP contribution in [0.4, 0.5) is 0 Å². The highest BCUT2D eigenvalue weighted by Gasteiger charge is 2.56. The van der Waals surface area contributed by atoms with Crippen molar-refractivity contribution in [3.8, 4) is 0 Å². The van der Waals surface area contributed by atoms with E-state index in [1.54, 1.807) is 0 Å². The summed E-state index contributed by atoms with van der Waals surface area (Å²) in [5, 5.41) is 9.23. The average molecular weight is 921 g/mol. The summed E-state index contributed by atoms with van der Waals surface area (Å²) in [4.78, 5) is 31.6. The fourth-order valence-electron chi connectivity index (χ4n) is 9.09. The van der Waals surface area contributed by atoms with E-state index in [-0.39, 0.29) is 0 Å². The highest BCUT2D eigenvalue weighted by Crippen LogP contribution is 2.52. The molecule has 4 aliphatic rings. The molecule has 2 aliphatic heterocycles. The van der Waals surface area contributed by atoms with Crippen molar-refractivity contribution < 1.29 is 9.68 Å². The Balaban J connectivity index is 0.000000154. The van der Waals surface area contributed by atoms with Gasteiger partial charge in [-0.1, -0.05) is 139 Å². The molecular weight excluding hydrogens is 876 g/mol. The molecule has 2 fully saturated rings. The maximum Gasteiger partial charge on any atom is 0.147 e. The summed E-state index contributed by atoms with van der Waals surface area (Å²) in [6.07, 6.45) is 9.37. The summed E-state index contributed by atoms with van der Waals surface area (Å²) < 4.78 is 2.14. The van der Waals surface area contributed by atoms with Crippen molar-refractivity contribution in [3.63, 3.8) is 0 Å². The first-order valence-corrected chi connectivity index (χ1v) is 22.1. The first kappa shape index (κ1) is 39.9. The van der Waals surface area contributed by atoms with E-state index in [2.05, 4.69) is 103 Å². The normalized spacial score (nSPS) is 24.0. The van der Waals surface area contributed by atoms with Gasteiger partial charge in [0.05, 0.1) is 22.8 Å². The lowest BCUT2D eigenvalue weighted by Crippen LogP contribution is -2.33. The molecule has 0 bridgehead atoms. The van der Waals surface area contributed by atoms with Crippen LogP contribution in [0.15, 0.2) is 187 Å². The minimum Gasteiger partial charge on any atom is -0.391 e. The van der Waals surface area contributed by atoms with E-state index in [9.17, 15) is 0 Å². The Morgan fingerprint density at radius 1 is 0.500 bits per heavy atom. The van der Waals surface area contributed by atoms with E-state index in [1.165, 1.54) is 0 Å². The quantitative estimate of drug-likeness (QED) is 0.128. The molecular formula is C50H44Br2N6O2. The molecule has 0 amide bonds. The van der Waals surface area contributed by atoms with E-state index in [0.717, 1.165) is 104 Å². The highest BCUT2D eigenvalue weighted by molar-refractivity contribution is 9.10. The third-order valence-electron chi connectivity index (χ3n) is 12.0. The van der Waals surface area contributed by atoms with Crippen LogP contribution in [0.2, 0.25) is 0 Å². The lowest BCUT2D eigenvalue weighted by molar-refractivity contribution is 0.128. The predicted octanol–water partition coefficient (Wildman–Crippen LogP) is 11.8. The third kappa shape index (κ3) is 8.15. The fraction of sp³-hybridized carbons (Fsp3) is 0.240. The van der Waals surface area contributed by atoms with E-state index in [4.69, 9.17) is 29.6 Å². The van der Waals surface area contributed by atoms with Gasteiger partial charge in [0.2, 0.25) is 0 Å². The number of aromatic nitrogens is 2. The number of benzene rings is 4. The van der Waals surface area contributed by atoms with Crippen LogP contribution in [0.5, 0.6) is 0 Å². The molecule has 4 atom stereocenters. The number of aliphatic imine (C=N–C) groups is 2. The lowest BCUT2D eigenvalue weighted by atomic mass is 9.83. The average Bonchev–Trinajstić information content (AvgIpc) is 4.06. The zero-order valence-corrected chi connectivity index (χ0v) is 36.3. The van der Waals surface area contributed by atoms with Gasteiger partial charge in [-0.3, -0.25) is 20.0 Å². The van der Waals surface area contributed by atoms with Crippen molar-refractivity contribution in [3.05, 3.63) is 201 Å². The molecule has 2 aromatic heterocycles. The second-order valence-electron chi connectivity index (χ2n) is 15.6. The van der Waals surface area contributed by atoms with Gasteiger partial charge in [-0.15, -0.1) is 0 Å². The van der Waals surface area contributed by atoms with Gasteiger partial charge < -0.3 is 9.68 Å². The Morgan fingerprint density at radius 2 is 0.900 bits per heavy atom. The van der Waals surface area contributed by atoms with Crippen LogP contribution in [0.25, 0.3) is 0 Å². The van der Waals surface area contributed by atoms with Crippen LogP contribution in [0.3, 0.4) is 0 Å². The first-order chi connectivity index (χ1) is 29.5. The summed E-state index contributed by atoms with van der Waals surface area (Å²) in [7, 11) is 0. The van der Waals surface area contributed by atoms with Crippen molar-refractivity contribution in [2.24, 2.45) is 32.1 Å². The second kappa shape index (κ2) is 18.0. The second-order valence-corrected chi connectivity index (χ2v) is 17.4. The van der Waals surface area contributed by atoms with Crippen molar-refractivity contribution >= 4 is 54.7 Å². The summed E-state index contributed by atoms with van der Waals surface area (Å²) in [5.41, 5.74) is 9.59. The third-order valence-corrected chi connectivity index (χ3v) is 13.0. The number of pyridine rings is 2. The SMILES string of the molecule is Brc1ccc(C2=N[C@@]3(c4ccccn4)/C(=N/OCc4ccccc4)CC[C@H]3C2)cc1.Brc1ccc(C2=N[C@]3(c4ccccn4)/C(=N/OCc4ccccc4)CC[C@@H]3C2)cc1. The summed E-state index contributed by atoms with van der Waals surface area (Å²) in [6, 6.07) is 49.1. The van der Waals surface area contributed by atoms with Crippen LogP contribution in [-0.4, -0.2) is 32.8 Å². The molecule has 2 aliphatic carbocycles. The van der Waals surface area contributed by atoms with Crippen molar-refractivity contribution in [2.75, 3.05) is 0 Å². The van der Waals surface area contributed by atoms with Gasteiger partial charge in [-0.2, -0.15) is 0 Å². The van der Waals surface area contributed by atoms with E-state index in [0.29, 0.717) is 25.0 Å². The molecule has 0 spiro atoms. The van der Waals surface area contributed by atoms with E-state index < -0.39 is 11.1 Å². The Morgan fingerprint density at radius 3 is 1.28 bits per heavy atom. The minimum atomic E-state index is -0.527. The molecule has 8 nitrogen and oxygen atoms in total. The molecule has 10 heteroatoms.